The smallest absolute Gasteiger partial charge is 0.251 e. The first kappa shape index (κ1) is 14.4. The van der Waals surface area contributed by atoms with Crippen molar-refractivity contribution in [3.63, 3.8) is 0 Å². The number of amides is 1. The Kier molecular flexibility index (Phi) is 3.69. The molecule has 114 valence electrons. The van der Waals surface area contributed by atoms with Gasteiger partial charge in [0, 0.05) is 39.0 Å². The van der Waals surface area contributed by atoms with E-state index in [0.29, 0.717) is 24.1 Å². The molecular formula is C13H15ClF2N4O. The van der Waals surface area contributed by atoms with E-state index in [1.807, 2.05) is 4.90 Å². The molecule has 1 aromatic heterocycles. The highest BCUT2D eigenvalue weighted by Gasteiger charge is 2.41. The molecule has 0 aliphatic carbocycles. The van der Waals surface area contributed by atoms with E-state index in [4.69, 9.17) is 11.6 Å². The Bertz CT molecular complexity index is 523. The van der Waals surface area contributed by atoms with Crippen LogP contribution in [0.2, 0.25) is 5.02 Å². The van der Waals surface area contributed by atoms with Gasteiger partial charge in [-0.15, -0.1) is 0 Å². The molecule has 3 heterocycles. The number of rotatable bonds is 2. The summed E-state index contributed by atoms with van der Waals surface area (Å²) in [5, 5.41) is 0.459. The molecule has 0 atom stereocenters. The summed E-state index contributed by atoms with van der Waals surface area (Å²) in [6, 6.07) is 0. The molecule has 5 nitrogen and oxygen atoms in total. The highest BCUT2D eigenvalue weighted by molar-refractivity contribution is 6.30. The number of hydrogen-bond donors (Lipinski definition) is 0. The van der Waals surface area contributed by atoms with Crippen molar-refractivity contribution in [1.29, 1.82) is 0 Å². The minimum Gasteiger partial charge on any atom is -0.342 e. The van der Waals surface area contributed by atoms with Gasteiger partial charge in [-0.2, -0.15) is 0 Å². The largest absolute Gasteiger partial charge is 0.342 e. The number of piperidine rings is 1. The Labute approximate surface area is 125 Å². The number of nitrogens with zero attached hydrogens (tertiary/aromatic N) is 4. The van der Waals surface area contributed by atoms with Crippen LogP contribution in [-0.4, -0.2) is 52.9 Å². The lowest BCUT2D eigenvalue weighted by atomic mass is 9.97. The minimum absolute atomic E-state index is 0.0456. The molecule has 0 unspecified atom stereocenters. The van der Waals surface area contributed by atoms with Gasteiger partial charge >= 0.3 is 0 Å². The summed E-state index contributed by atoms with van der Waals surface area (Å²) in [6.07, 6.45) is 2.53. The Morgan fingerprint density at radius 3 is 2.38 bits per heavy atom. The topological polar surface area (TPSA) is 49.3 Å². The van der Waals surface area contributed by atoms with E-state index in [9.17, 15) is 13.6 Å². The molecule has 2 saturated heterocycles. The van der Waals surface area contributed by atoms with E-state index in [2.05, 4.69) is 9.97 Å². The fraction of sp³-hybridized carbons (Fsp3) is 0.615. The molecule has 3 rings (SSSR count). The molecule has 2 fully saturated rings. The van der Waals surface area contributed by atoms with Crippen LogP contribution in [0.4, 0.5) is 14.7 Å². The van der Waals surface area contributed by atoms with Crippen LogP contribution >= 0.6 is 11.6 Å². The zero-order valence-corrected chi connectivity index (χ0v) is 12.1. The summed E-state index contributed by atoms with van der Waals surface area (Å²) in [6.45, 7) is 1.32. The molecule has 0 bridgehead atoms. The van der Waals surface area contributed by atoms with Crippen LogP contribution in [0.5, 0.6) is 0 Å². The van der Waals surface area contributed by atoms with E-state index in [0.717, 1.165) is 0 Å². The van der Waals surface area contributed by atoms with Gasteiger partial charge in [-0.3, -0.25) is 4.79 Å². The summed E-state index contributed by atoms with van der Waals surface area (Å²) in [4.78, 5) is 23.8. The molecule has 8 heteroatoms. The summed E-state index contributed by atoms with van der Waals surface area (Å²) in [5.41, 5.74) is 0. The van der Waals surface area contributed by atoms with Gasteiger partial charge in [0.05, 0.1) is 23.3 Å². The van der Waals surface area contributed by atoms with Crippen molar-refractivity contribution in [2.45, 2.75) is 18.8 Å². The molecule has 21 heavy (non-hydrogen) atoms. The normalized spacial score (nSPS) is 22.0. The molecule has 2 aliphatic rings. The van der Waals surface area contributed by atoms with Crippen molar-refractivity contribution in [3.05, 3.63) is 17.4 Å². The summed E-state index contributed by atoms with van der Waals surface area (Å²) < 4.78 is 26.2. The van der Waals surface area contributed by atoms with Gasteiger partial charge in [0.25, 0.3) is 5.92 Å². The van der Waals surface area contributed by atoms with E-state index >= 15 is 0 Å². The molecule has 0 spiro atoms. The molecule has 0 aromatic carbocycles. The van der Waals surface area contributed by atoms with Gasteiger partial charge in [0.15, 0.2) is 0 Å². The fourth-order valence-corrected chi connectivity index (χ4v) is 2.68. The molecule has 0 N–H and O–H groups in total. The SMILES string of the molecule is O=C(C1CN(c2ncc(Cl)cn2)C1)N1CCC(F)(F)CC1. The highest BCUT2D eigenvalue weighted by Crippen LogP contribution is 2.30. The van der Waals surface area contributed by atoms with Crippen molar-refractivity contribution in [1.82, 2.24) is 14.9 Å². The van der Waals surface area contributed by atoms with Crippen LogP contribution in [-0.2, 0) is 4.79 Å². The number of likely N-dealkylation sites (tertiary alicyclic amines) is 1. The number of alkyl halides is 2. The van der Waals surface area contributed by atoms with Crippen LogP contribution < -0.4 is 4.90 Å². The van der Waals surface area contributed by atoms with Crippen molar-refractivity contribution < 1.29 is 13.6 Å². The van der Waals surface area contributed by atoms with Gasteiger partial charge in [0.1, 0.15) is 0 Å². The highest BCUT2D eigenvalue weighted by atomic mass is 35.5. The molecule has 1 aromatic rings. The molecular weight excluding hydrogens is 302 g/mol. The maximum Gasteiger partial charge on any atom is 0.251 e. The van der Waals surface area contributed by atoms with Crippen LogP contribution in [0, 0.1) is 5.92 Å². The quantitative estimate of drug-likeness (QED) is 0.835. The Morgan fingerprint density at radius 2 is 1.81 bits per heavy atom. The average Bonchev–Trinajstić information content (AvgIpc) is 2.39. The average molecular weight is 317 g/mol. The summed E-state index contributed by atoms with van der Waals surface area (Å²) in [5.74, 6) is -2.29. The third-order valence-corrected chi connectivity index (χ3v) is 4.12. The zero-order valence-electron chi connectivity index (χ0n) is 11.3. The molecule has 0 saturated carbocycles. The second-order valence-electron chi connectivity index (χ2n) is 5.48. The monoisotopic (exact) mass is 316 g/mol. The maximum absolute atomic E-state index is 13.1. The van der Waals surface area contributed by atoms with Crippen LogP contribution in [0.1, 0.15) is 12.8 Å². The summed E-state index contributed by atoms with van der Waals surface area (Å²) >= 11 is 5.72. The third-order valence-electron chi connectivity index (χ3n) is 3.93. The number of aromatic nitrogens is 2. The van der Waals surface area contributed by atoms with Crippen LogP contribution in [0.3, 0.4) is 0 Å². The Balaban J connectivity index is 1.52. The number of hydrogen-bond acceptors (Lipinski definition) is 4. The van der Waals surface area contributed by atoms with Gasteiger partial charge < -0.3 is 9.80 Å². The second kappa shape index (κ2) is 5.36. The van der Waals surface area contributed by atoms with Crippen LogP contribution in [0.25, 0.3) is 0 Å². The van der Waals surface area contributed by atoms with Crippen molar-refractivity contribution in [2.75, 3.05) is 31.1 Å². The van der Waals surface area contributed by atoms with Gasteiger partial charge in [0.2, 0.25) is 11.9 Å². The fourth-order valence-electron chi connectivity index (χ4n) is 2.58. The van der Waals surface area contributed by atoms with Gasteiger partial charge in [-0.05, 0) is 0 Å². The summed E-state index contributed by atoms with van der Waals surface area (Å²) in [7, 11) is 0. The van der Waals surface area contributed by atoms with Crippen molar-refractivity contribution in [2.24, 2.45) is 5.92 Å². The van der Waals surface area contributed by atoms with E-state index in [1.165, 1.54) is 12.4 Å². The minimum atomic E-state index is -2.63. The third kappa shape index (κ3) is 3.07. The first-order valence-corrected chi connectivity index (χ1v) is 7.21. The van der Waals surface area contributed by atoms with Crippen molar-refractivity contribution in [3.8, 4) is 0 Å². The molecule has 0 radical (unpaired) electrons. The van der Waals surface area contributed by atoms with Crippen LogP contribution in [0.15, 0.2) is 12.4 Å². The lowest BCUT2D eigenvalue weighted by Gasteiger charge is -2.42. The predicted molar refractivity (Wildman–Crippen MR) is 73.5 cm³/mol. The lowest BCUT2D eigenvalue weighted by Crippen LogP contribution is -2.56. The number of anilines is 1. The van der Waals surface area contributed by atoms with Gasteiger partial charge in [-0.1, -0.05) is 11.6 Å². The predicted octanol–water partition coefficient (Wildman–Crippen LogP) is 1.82. The van der Waals surface area contributed by atoms with E-state index in [1.54, 1.807) is 4.90 Å². The Morgan fingerprint density at radius 1 is 1.24 bits per heavy atom. The second-order valence-corrected chi connectivity index (χ2v) is 5.92. The molecule has 2 aliphatic heterocycles. The first-order valence-electron chi connectivity index (χ1n) is 6.84. The van der Waals surface area contributed by atoms with E-state index < -0.39 is 5.92 Å². The van der Waals surface area contributed by atoms with Crippen molar-refractivity contribution >= 4 is 23.5 Å². The standard InChI is InChI=1S/C13H15ClF2N4O/c14-10-5-17-12(18-6-10)20-7-9(8-20)11(21)19-3-1-13(15,16)2-4-19/h5-6,9H,1-4,7-8H2. The number of carbonyl (C=O) groups excluding carboxylic acids is 1. The zero-order chi connectivity index (χ0) is 15.0. The lowest BCUT2D eigenvalue weighted by molar-refractivity contribution is -0.142. The number of carbonyl (C=O) groups is 1. The molecule has 1 amide bonds. The van der Waals surface area contributed by atoms with Gasteiger partial charge in [-0.25, -0.2) is 18.7 Å². The maximum atomic E-state index is 13.1. The Hall–Kier alpha value is -1.50. The first-order chi connectivity index (χ1) is 9.94. The van der Waals surface area contributed by atoms with E-state index in [-0.39, 0.29) is 37.8 Å². The number of halogens is 3.